The Bertz CT molecular complexity index is 861. The second-order valence-electron chi connectivity index (χ2n) is 10.7. The van der Waals surface area contributed by atoms with Gasteiger partial charge in [0.25, 0.3) is 0 Å². The zero-order valence-electron chi connectivity index (χ0n) is 21.5. The monoisotopic (exact) mass is 504 g/mol. The molecule has 0 radical (unpaired) electrons. The van der Waals surface area contributed by atoms with Crippen molar-refractivity contribution in [3.63, 3.8) is 0 Å². The minimum absolute atomic E-state index is 0. The van der Waals surface area contributed by atoms with E-state index in [-0.39, 0.29) is 35.7 Å². The van der Waals surface area contributed by atoms with Crippen molar-refractivity contribution in [2.45, 2.75) is 76.7 Å². The van der Waals surface area contributed by atoms with Crippen molar-refractivity contribution >= 4 is 12.4 Å². The van der Waals surface area contributed by atoms with E-state index in [1.54, 1.807) is 0 Å². The fraction of sp³-hybridized carbons (Fsp3) is 0.571. The predicted octanol–water partition coefficient (Wildman–Crippen LogP) is 5.39. The van der Waals surface area contributed by atoms with E-state index in [4.69, 9.17) is 18.9 Å². The highest BCUT2D eigenvalue weighted by atomic mass is 35.5. The lowest BCUT2D eigenvalue weighted by Gasteiger charge is -2.33. The van der Waals surface area contributed by atoms with Gasteiger partial charge in [0.2, 0.25) is 0 Å². The number of halogens is 1. The van der Waals surface area contributed by atoms with Gasteiger partial charge in [0.05, 0.1) is 0 Å². The average molecular weight is 505 g/mol. The molecule has 0 saturated heterocycles. The Labute approximate surface area is 216 Å². The first kappa shape index (κ1) is 27.4. The molecule has 0 bridgehead atoms. The van der Waals surface area contributed by atoms with Crippen molar-refractivity contribution in [3.8, 4) is 23.0 Å². The Morgan fingerprint density at radius 2 is 1.03 bits per heavy atom. The largest absolute Gasteiger partial charge is 0.486 e. The molecule has 2 atom stereocenters. The number of para-hydroxylation sites is 4. The maximum atomic E-state index is 6.08. The van der Waals surface area contributed by atoms with Crippen molar-refractivity contribution in [1.82, 2.24) is 10.6 Å². The van der Waals surface area contributed by atoms with Gasteiger partial charge in [-0.05, 0) is 64.8 Å². The first-order chi connectivity index (χ1) is 16.3. The highest BCUT2D eigenvalue weighted by Gasteiger charge is 2.26. The van der Waals surface area contributed by atoms with Crippen molar-refractivity contribution in [2.75, 3.05) is 26.3 Å². The van der Waals surface area contributed by atoms with Gasteiger partial charge < -0.3 is 29.6 Å². The van der Waals surface area contributed by atoms with E-state index in [1.807, 2.05) is 48.5 Å². The molecule has 0 aromatic heterocycles. The molecule has 2 aliphatic heterocycles. The quantitative estimate of drug-likeness (QED) is 0.400. The highest BCUT2D eigenvalue weighted by Crippen LogP contribution is 2.32. The van der Waals surface area contributed by atoms with Crippen LogP contribution in [0.1, 0.15) is 53.4 Å². The molecule has 35 heavy (non-hydrogen) atoms. The number of hydrogen-bond acceptors (Lipinski definition) is 6. The van der Waals surface area contributed by atoms with Gasteiger partial charge in [-0.3, -0.25) is 0 Å². The smallest absolute Gasteiger partial charge is 0.161 e. The molecule has 2 N–H and O–H groups in total. The van der Waals surface area contributed by atoms with Crippen molar-refractivity contribution < 1.29 is 18.9 Å². The predicted molar refractivity (Wildman–Crippen MR) is 143 cm³/mol. The lowest BCUT2D eigenvalue weighted by atomic mass is 9.92. The number of rotatable bonds is 11. The Balaban J connectivity index is 0.00000342. The van der Waals surface area contributed by atoms with Crippen LogP contribution in [0.4, 0.5) is 0 Å². The third-order valence-corrected chi connectivity index (χ3v) is 6.61. The molecule has 194 valence electrons. The van der Waals surface area contributed by atoms with Crippen LogP contribution < -0.4 is 29.6 Å². The van der Waals surface area contributed by atoms with E-state index in [0.29, 0.717) is 13.2 Å². The summed E-state index contributed by atoms with van der Waals surface area (Å²) in [5.74, 6) is 3.34. The van der Waals surface area contributed by atoms with Crippen LogP contribution in [0.15, 0.2) is 48.5 Å². The number of fused-ring (bicyclic) bond motifs is 2. The first-order valence-electron chi connectivity index (χ1n) is 12.6. The molecule has 0 spiro atoms. The van der Waals surface area contributed by atoms with Gasteiger partial charge in [-0.15, -0.1) is 12.4 Å². The highest BCUT2D eigenvalue weighted by molar-refractivity contribution is 5.85. The molecular weight excluding hydrogens is 464 g/mol. The van der Waals surface area contributed by atoms with Crippen LogP contribution in [0.25, 0.3) is 0 Å². The van der Waals surface area contributed by atoms with Gasteiger partial charge in [0, 0.05) is 24.2 Å². The van der Waals surface area contributed by atoms with Gasteiger partial charge in [0.1, 0.15) is 25.4 Å². The van der Waals surface area contributed by atoms with Crippen LogP contribution in [0.2, 0.25) is 0 Å². The van der Waals surface area contributed by atoms with Gasteiger partial charge in [-0.1, -0.05) is 37.1 Å². The third-order valence-electron chi connectivity index (χ3n) is 6.61. The summed E-state index contributed by atoms with van der Waals surface area (Å²) in [7, 11) is 0. The molecule has 6 nitrogen and oxygen atoms in total. The molecule has 0 fully saturated rings. The lowest BCUT2D eigenvalue weighted by molar-refractivity contribution is 0.0828. The summed E-state index contributed by atoms with van der Waals surface area (Å²) in [6.07, 6.45) is 4.65. The van der Waals surface area contributed by atoms with E-state index < -0.39 is 0 Å². The van der Waals surface area contributed by atoms with E-state index in [1.165, 1.54) is 12.8 Å². The van der Waals surface area contributed by atoms with E-state index in [9.17, 15) is 0 Å². The normalized spacial score (nSPS) is 19.1. The van der Waals surface area contributed by atoms with Crippen molar-refractivity contribution in [1.29, 1.82) is 0 Å². The number of hydrogen-bond donors (Lipinski definition) is 2. The summed E-state index contributed by atoms with van der Waals surface area (Å²) in [5, 5.41) is 7.36. The van der Waals surface area contributed by atoms with Gasteiger partial charge in [-0.25, -0.2) is 0 Å². The first-order valence-corrected chi connectivity index (χ1v) is 12.6. The Hall–Kier alpha value is -2.15. The Morgan fingerprint density at radius 1 is 0.657 bits per heavy atom. The van der Waals surface area contributed by atoms with Gasteiger partial charge >= 0.3 is 0 Å². The summed E-state index contributed by atoms with van der Waals surface area (Å²) < 4.78 is 23.8. The number of unbranched alkanes of at least 4 members (excludes halogenated alkanes) is 1. The maximum absolute atomic E-state index is 6.08. The van der Waals surface area contributed by atoms with Crippen LogP contribution in [0, 0.1) is 0 Å². The minimum Gasteiger partial charge on any atom is -0.486 e. The molecule has 2 aromatic carbocycles. The van der Waals surface area contributed by atoms with E-state index in [0.717, 1.165) is 48.9 Å². The van der Waals surface area contributed by atoms with Crippen LogP contribution in [0.3, 0.4) is 0 Å². The second kappa shape index (κ2) is 12.2. The molecule has 4 rings (SSSR count). The van der Waals surface area contributed by atoms with Crippen molar-refractivity contribution in [3.05, 3.63) is 48.5 Å². The standard InChI is InChI=1S/C28H40N2O4.ClH/c1-27(2,29-17-21-19-31-23-11-5-7-13-25(23)33-21)15-9-10-16-28(3,4)30-18-22-20-32-24-12-6-8-14-26(24)34-22;/h5-8,11-14,21-22,29-30H,9-10,15-20H2,1-4H3;1H. The topological polar surface area (TPSA) is 61.0 Å². The minimum atomic E-state index is 0. The Kier molecular flexibility index (Phi) is 9.56. The summed E-state index contributed by atoms with van der Waals surface area (Å²) in [4.78, 5) is 0. The lowest BCUT2D eigenvalue weighted by Crippen LogP contribution is -2.48. The van der Waals surface area contributed by atoms with Crippen LogP contribution in [-0.4, -0.2) is 49.6 Å². The Morgan fingerprint density at radius 3 is 1.43 bits per heavy atom. The number of nitrogens with one attached hydrogen (secondary N) is 2. The maximum Gasteiger partial charge on any atom is 0.161 e. The molecule has 2 unspecified atom stereocenters. The molecule has 0 saturated carbocycles. The average Bonchev–Trinajstić information content (AvgIpc) is 2.84. The number of benzene rings is 2. The fourth-order valence-corrected chi connectivity index (χ4v) is 4.42. The summed E-state index contributed by atoms with van der Waals surface area (Å²) >= 11 is 0. The molecule has 7 heteroatoms. The summed E-state index contributed by atoms with van der Waals surface area (Å²) in [6, 6.07) is 15.7. The van der Waals surface area contributed by atoms with E-state index in [2.05, 4.69) is 38.3 Å². The SMILES string of the molecule is CC(C)(CCCCC(C)(C)NCC1COc2ccccc2O1)NCC1COc2ccccc2O1.Cl. The molecule has 0 aliphatic carbocycles. The van der Waals surface area contributed by atoms with Crippen LogP contribution in [-0.2, 0) is 0 Å². The van der Waals surface area contributed by atoms with Crippen LogP contribution in [0.5, 0.6) is 23.0 Å². The molecule has 2 aromatic rings. The van der Waals surface area contributed by atoms with Gasteiger partial charge in [-0.2, -0.15) is 0 Å². The van der Waals surface area contributed by atoms with E-state index >= 15 is 0 Å². The summed E-state index contributed by atoms with van der Waals surface area (Å²) in [5.41, 5.74) is 0.108. The van der Waals surface area contributed by atoms with Crippen LogP contribution >= 0.6 is 12.4 Å². The van der Waals surface area contributed by atoms with Gasteiger partial charge in [0.15, 0.2) is 23.0 Å². The summed E-state index contributed by atoms with van der Waals surface area (Å²) in [6.45, 7) is 11.8. The zero-order chi connectivity index (χ0) is 24.0. The second-order valence-corrected chi connectivity index (χ2v) is 10.7. The molecule has 2 heterocycles. The third kappa shape index (κ3) is 8.19. The fourth-order valence-electron chi connectivity index (χ4n) is 4.42. The zero-order valence-corrected chi connectivity index (χ0v) is 22.3. The van der Waals surface area contributed by atoms with Crippen molar-refractivity contribution in [2.24, 2.45) is 0 Å². The molecule has 2 aliphatic rings. The number of ether oxygens (including phenoxy) is 4. The molecular formula is C28H41ClN2O4. The molecule has 0 amide bonds.